The molecule has 1 fully saturated rings. The average Bonchev–Trinajstić information content (AvgIpc) is 2.32. The Kier molecular flexibility index (Phi) is 4.00. The maximum atomic E-state index is 13.4. The molecule has 0 heterocycles. The SMILES string of the molecule is Cc1cc(C(=O)C2CCCCC2(C)C)c(Cl)cc1F. The van der Waals surface area contributed by atoms with Gasteiger partial charge in [0.15, 0.2) is 5.78 Å². The van der Waals surface area contributed by atoms with Crippen molar-refractivity contribution in [3.63, 3.8) is 0 Å². The van der Waals surface area contributed by atoms with Gasteiger partial charge in [0.25, 0.3) is 0 Å². The number of hydrogen-bond acceptors (Lipinski definition) is 1. The fourth-order valence-corrected chi connectivity index (χ4v) is 3.26. The first kappa shape index (κ1) is 14.5. The highest BCUT2D eigenvalue weighted by Crippen LogP contribution is 2.43. The van der Waals surface area contributed by atoms with Crippen LogP contribution < -0.4 is 0 Å². The summed E-state index contributed by atoms with van der Waals surface area (Å²) in [5, 5.41) is 0.231. The monoisotopic (exact) mass is 282 g/mol. The summed E-state index contributed by atoms with van der Waals surface area (Å²) in [6.45, 7) is 5.94. The third kappa shape index (κ3) is 2.84. The first-order chi connectivity index (χ1) is 8.83. The molecule has 0 aromatic heterocycles. The van der Waals surface area contributed by atoms with E-state index in [2.05, 4.69) is 13.8 Å². The van der Waals surface area contributed by atoms with Crippen LogP contribution in [0.5, 0.6) is 0 Å². The summed E-state index contributed by atoms with van der Waals surface area (Å²) < 4.78 is 13.4. The molecule has 1 aliphatic carbocycles. The van der Waals surface area contributed by atoms with Crippen molar-refractivity contribution in [1.29, 1.82) is 0 Å². The van der Waals surface area contributed by atoms with Crippen LogP contribution in [0.2, 0.25) is 5.02 Å². The minimum atomic E-state index is -0.357. The third-order valence-electron chi connectivity index (χ3n) is 4.34. The Morgan fingerprint density at radius 3 is 2.68 bits per heavy atom. The zero-order valence-corrected chi connectivity index (χ0v) is 12.5. The van der Waals surface area contributed by atoms with Gasteiger partial charge in [-0.15, -0.1) is 0 Å². The number of Topliss-reactive ketones (excluding diaryl/α,β-unsaturated/α-hetero) is 1. The van der Waals surface area contributed by atoms with Crippen LogP contribution in [0, 0.1) is 24.1 Å². The Morgan fingerprint density at radius 2 is 2.05 bits per heavy atom. The molecule has 1 aromatic carbocycles. The van der Waals surface area contributed by atoms with E-state index in [0.717, 1.165) is 19.3 Å². The second kappa shape index (κ2) is 5.24. The zero-order chi connectivity index (χ0) is 14.2. The lowest BCUT2D eigenvalue weighted by molar-refractivity contribution is 0.0697. The van der Waals surface area contributed by atoms with E-state index in [-0.39, 0.29) is 28.0 Å². The van der Waals surface area contributed by atoms with Crippen LogP contribution in [0.15, 0.2) is 12.1 Å². The van der Waals surface area contributed by atoms with Gasteiger partial charge in [-0.05, 0) is 42.9 Å². The molecule has 1 unspecified atom stereocenters. The second-order valence-corrected chi connectivity index (χ2v) is 6.64. The van der Waals surface area contributed by atoms with E-state index in [1.54, 1.807) is 13.0 Å². The van der Waals surface area contributed by atoms with Gasteiger partial charge < -0.3 is 0 Å². The van der Waals surface area contributed by atoms with Gasteiger partial charge in [0.1, 0.15) is 5.82 Å². The highest BCUT2D eigenvalue weighted by molar-refractivity contribution is 6.34. The van der Waals surface area contributed by atoms with Crippen LogP contribution in [0.1, 0.15) is 55.5 Å². The van der Waals surface area contributed by atoms with E-state index in [9.17, 15) is 9.18 Å². The molecule has 1 aliphatic rings. The summed E-state index contributed by atoms with van der Waals surface area (Å²) in [7, 11) is 0. The molecule has 0 N–H and O–H groups in total. The standard InChI is InChI=1S/C16H20ClFO/c1-10-8-11(13(17)9-14(10)18)15(19)12-6-4-5-7-16(12,2)3/h8-9,12H,4-7H2,1-3H3. The molecular formula is C16H20ClFO. The summed E-state index contributed by atoms with van der Waals surface area (Å²) in [6, 6.07) is 2.84. The van der Waals surface area contributed by atoms with E-state index >= 15 is 0 Å². The van der Waals surface area contributed by atoms with Crippen molar-refractivity contribution in [2.45, 2.75) is 46.5 Å². The Hall–Kier alpha value is -0.890. The molecule has 0 spiro atoms. The fraction of sp³-hybridized carbons (Fsp3) is 0.562. The number of halogens is 2. The van der Waals surface area contributed by atoms with Crippen molar-refractivity contribution in [2.24, 2.45) is 11.3 Å². The number of ketones is 1. The normalized spacial score (nSPS) is 22.3. The van der Waals surface area contributed by atoms with Crippen LogP contribution in [0.25, 0.3) is 0 Å². The molecule has 0 aliphatic heterocycles. The summed E-state index contributed by atoms with van der Waals surface area (Å²) in [5.41, 5.74) is 0.947. The highest BCUT2D eigenvalue weighted by atomic mass is 35.5. The van der Waals surface area contributed by atoms with E-state index in [1.807, 2.05) is 0 Å². The van der Waals surface area contributed by atoms with Crippen LogP contribution in [-0.2, 0) is 0 Å². The van der Waals surface area contributed by atoms with E-state index in [0.29, 0.717) is 11.1 Å². The van der Waals surface area contributed by atoms with Crippen molar-refractivity contribution in [3.05, 3.63) is 34.1 Å². The average molecular weight is 283 g/mol. The number of aryl methyl sites for hydroxylation is 1. The van der Waals surface area contributed by atoms with Crippen molar-refractivity contribution in [3.8, 4) is 0 Å². The molecule has 19 heavy (non-hydrogen) atoms. The van der Waals surface area contributed by atoms with Gasteiger partial charge in [0.2, 0.25) is 0 Å². The minimum Gasteiger partial charge on any atom is -0.294 e. The summed E-state index contributed by atoms with van der Waals surface area (Å²) in [6.07, 6.45) is 4.21. The Labute approximate surface area is 119 Å². The van der Waals surface area contributed by atoms with Gasteiger partial charge in [-0.1, -0.05) is 38.3 Å². The first-order valence-electron chi connectivity index (χ1n) is 6.83. The number of hydrogen-bond donors (Lipinski definition) is 0. The van der Waals surface area contributed by atoms with Crippen LogP contribution in [0.3, 0.4) is 0 Å². The maximum absolute atomic E-state index is 13.4. The van der Waals surface area contributed by atoms with Gasteiger partial charge in [-0.2, -0.15) is 0 Å². The van der Waals surface area contributed by atoms with Gasteiger partial charge in [0.05, 0.1) is 5.02 Å². The molecule has 1 saturated carbocycles. The molecule has 1 atom stereocenters. The van der Waals surface area contributed by atoms with Crippen LogP contribution in [-0.4, -0.2) is 5.78 Å². The van der Waals surface area contributed by atoms with Crippen molar-refractivity contribution in [2.75, 3.05) is 0 Å². The molecule has 0 bridgehead atoms. The molecule has 1 nitrogen and oxygen atoms in total. The van der Waals surface area contributed by atoms with E-state index in [1.165, 1.54) is 12.5 Å². The number of carbonyl (C=O) groups excluding carboxylic acids is 1. The van der Waals surface area contributed by atoms with Gasteiger partial charge in [-0.3, -0.25) is 4.79 Å². The molecule has 2 rings (SSSR count). The predicted molar refractivity (Wildman–Crippen MR) is 76.2 cm³/mol. The minimum absolute atomic E-state index is 0.000945. The molecule has 0 amide bonds. The van der Waals surface area contributed by atoms with Crippen molar-refractivity contribution < 1.29 is 9.18 Å². The van der Waals surface area contributed by atoms with E-state index < -0.39 is 0 Å². The molecule has 0 radical (unpaired) electrons. The van der Waals surface area contributed by atoms with Gasteiger partial charge >= 0.3 is 0 Å². The van der Waals surface area contributed by atoms with Gasteiger partial charge in [-0.25, -0.2) is 4.39 Å². The van der Waals surface area contributed by atoms with Crippen LogP contribution in [0.4, 0.5) is 4.39 Å². The first-order valence-corrected chi connectivity index (χ1v) is 7.20. The quantitative estimate of drug-likeness (QED) is 0.683. The smallest absolute Gasteiger partial charge is 0.167 e. The summed E-state index contributed by atoms with van der Waals surface area (Å²) in [4.78, 5) is 12.7. The highest BCUT2D eigenvalue weighted by Gasteiger charge is 2.38. The van der Waals surface area contributed by atoms with Crippen LogP contribution >= 0.6 is 11.6 Å². The fourth-order valence-electron chi connectivity index (χ4n) is 3.01. The molecule has 104 valence electrons. The molecule has 3 heteroatoms. The lowest BCUT2D eigenvalue weighted by atomic mass is 9.66. The third-order valence-corrected chi connectivity index (χ3v) is 4.65. The number of rotatable bonds is 2. The molecule has 0 saturated heterocycles. The lowest BCUT2D eigenvalue weighted by Crippen LogP contribution is -2.34. The Balaban J connectivity index is 2.36. The topological polar surface area (TPSA) is 17.1 Å². The Bertz CT molecular complexity index is 508. The Morgan fingerprint density at radius 1 is 1.37 bits per heavy atom. The predicted octanol–water partition coefficient (Wildman–Crippen LogP) is 5.19. The second-order valence-electron chi connectivity index (χ2n) is 6.23. The number of carbonyl (C=O) groups is 1. The number of benzene rings is 1. The summed E-state index contributed by atoms with van der Waals surface area (Å²) >= 11 is 6.05. The zero-order valence-electron chi connectivity index (χ0n) is 11.7. The van der Waals surface area contributed by atoms with Crippen molar-refractivity contribution >= 4 is 17.4 Å². The largest absolute Gasteiger partial charge is 0.294 e. The molecular weight excluding hydrogens is 263 g/mol. The molecule has 1 aromatic rings. The van der Waals surface area contributed by atoms with E-state index in [4.69, 9.17) is 11.6 Å². The van der Waals surface area contributed by atoms with Crippen molar-refractivity contribution in [1.82, 2.24) is 0 Å². The maximum Gasteiger partial charge on any atom is 0.167 e. The van der Waals surface area contributed by atoms with Gasteiger partial charge in [0, 0.05) is 11.5 Å². The summed E-state index contributed by atoms with van der Waals surface area (Å²) in [5.74, 6) is -0.300. The lowest BCUT2D eigenvalue weighted by Gasteiger charge is -2.37.